The summed E-state index contributed by atoms with van der Waals surface area (Å²) >= 11 is 0. The molecule has 4 rings (SSSR count). The van der Waals surface area contributed by atoms with Gasteiger partial charge in [-0.15, -0.1) is 0 Å². The van der Waals surface area contributed by atoms with E-state index in [1.807, 2.05) is 84.9 Å². The molecule has 0 bridgehead atoms. The number of amides is 1. The van der Waals surface area contributed by atoms with Gasteiger partial charge >= 0.3 is 0 Å². The number of hydrogen-bond acceptors (Lipinski definition) is 4. The highest BCUT2D eigenvalue weighted by Crippen LogP contribution is 2.32. The normalized spacial score (nSPS) is 10.4. The van der Waals surface area contributed by atoms with E-state index in [1.165, 1.54) is 0 Å². The predicted molar refractivity (Wildman–Crippen MR) is 124 cm³/mol. The van der Waals surface area contributed by atoms with Gasteiger partial charge in [0.05, 0.1) is 31.7 Å². The molecule has 3 aromatic carbocycles. The third kappa shape index (κ3) is 4.37. The highest BCUT2D eigenvalue weighted by atomic mass is 16.5. The molecule has 1 aromatic heterocycles. The minimum atomic E-state index is -0.205. The number of carbonyl (C=O) groups excluding carboxylic acids is 1. The van der Waals surface area contributed by atoms with Gasteiger partial charge in [-0.25, -0.2) is 0 Å². The largest absolute Gasteiger partial charge is 0.497 e. The van der Waals surface area contributed by atoms with E-state index < -0.39 is 0 Å². The molecule has 6 heteroatoms. The summed E-state index contributed by atoms with van der Waals surface area (Å²) in [4.78, 5) is 15.6. The summed E-state index contributed by atoms with van der Waals surface area (Å²) in [5.41, 5.74) is 3.27. The van der Waals surface area contributed by atoms with Crippen LogP contribution in [0.2, 0.25) is 0 Å². The van der Waals surface area contributed by atoms with Crippen LogP contribution in [0, 0.1) is 11.3 Å². The number of para-hydroxylation sites is 2. The van der Waals surface area contributed by atoms with E-state index in [4.69, 9.17) is 10.00 Å². The molecule has 0 radical (unpaired) electrons. The lowest BCUT2D eigenvalue weighted by Crippen LogP contribution is -2.26. The van der Waals surface area contributed by atoms with Gasteiger partial charge < -0.3 is 4.74 Å². The molecule has 32 heavy (non-hydrogen) atoms. The van der Waals surface area contributed by atoms with Crippen molar-refractivity contribution in [3.05, 3.63) is 96.7 Å². The zero-order chi connectivity index (χ0) is 22.3. The van der Waals surface area contributed by atoms with Gasteiger partial charge in [0, 0.05) is 23.1 Å². The molecule has 0 spiro atoms. The van der Waals surface area contributed by atoms with E-state index in [1.54, 1.807) is 22.9 Å². The van der Waals surface area contributed by atoms with E-state index in [9.17, 15) is 4.79 Å². The molecule has 0 aliphatic rings. The smallest absolute Gasteiger partial charge is 0.266 e. The van der Waals surface area contributed by atoms with Crippen molar-refractivity contribution in [3.63, 3.8) is 0 Å². The number of hydrogen-bond donors (Lipinski definition) is 0. The van der Waals surface area contributed by atoms with Crippen molar-refractivity contribution in [2.24, 2.45) is 0 Å². The van der Waals surface area contributed by atoms with Gasteiger partial charge in [-0.3, -0.25) is 14.4 Å². The van der Waals surface area contributed by atoms with Crippen LogP contribution in [0.25, 0.3) is 11.3 Å². The second-order valence-electron chi connectivity index (χ2n) is 7.11. The van der Waals surface area contributed by atoms with Crippen LogP contribution in [0.4, 0.5) is 11.4 Å². The van der Waals surface area contributed by atoms with Gasteiger partial charge in [-0.2, -0.15) is 10.4 Å². The van der Waals surface area contributed by atoms with Crippen LogP contribution in [0.5, 0.6) is 5.75 Å². The Labute approximate surface area is 186 Å². The Kier molecular flexibility index (Phi) is 6.28. The summed E-state index contributed by atoms with van der Waals surface area (Å²) in [6.45, 7) is 0.400. The van der Waals surface area contributed by atoms with E-state index in [0.29, 0.717) is 30.0 Å². The molecule has 1 heterocycles. The number of nitriles is 1. The molecule has 6 nitrogen and oxygen atoms in total. The second kappa shape index (κ2) is 9.63. The van der Waals surface area contributed by atoms with Crippen molar-refractivity contribution >= 4 is 17.3 Å². The fraction of sp³-hybridized carbons (Fsp3) is 0.115. The van der Waals surface area contributed by atoms with Crippen LogP contribution in [0.15, 0.2) is 91.1 Å². The average molecular weight is 422 g/mol. The zero-order valence-electron chi connectivity index (χ0n) is 17.7. The lowest BCUT2D eigenvalue weighted by molar-refractivity contribution is 0.0999. The number of rotatable bonds is 7. The Balaban J connectivity index is 1.85. The molecule has 1 amide bonds. The maximum absolute atomic E-state index is 14.0. The first kappa shape index (κ1) is 20.9. The van der Waals surface area contributed by atoms with Gasteiger partial charge in [-0.05, 0) is 36.4 Å². The molecule has 0 atom stereocenters. The summed E-state index contributed by atoms with van der Waals surface area (Å²) in [5.74, 6) is 0.471. The number of aryl methyl sites for hydroxylation is 1. The number of benzene rings is 3. The molecule has 0 aliphatic carbocycles. The van der Waals surface area contributed by atoms with Crippen LogP contribution in [0.3, 0.4) is 0 Å². The summed E-state index contributed by atoms with van der Waals surface area (Å²) in [6.07, 6.45) is 2.02. The van der Waals surface area contributed by atoms with E-state index in [0.717, 1.165) is 16.9 Å². The standard InChI is InChI=1S/C26H22N4O2/c1-32-23-15-8-10-20(18-23)25-24(19-29(28-25)17-9-16-27)26(31)30(21-11-4-2-5-12-21)22-13-6-3-7-14-22/h2-8,10-15,18-19H,9,17H2,1H3. The van der Waals surface area contributed by atoms with Crippen LogP contribution in [-0.4, -0.2) is 22.8 Å². The summed E-state index contributed by atoms with van der Waals surface area (Å²) in [5, 5.41) is 13.6. The maximum Gasteiger partial charge on any atom is 0.266 e. The number of aromatic nitrogens is 2. The van der Waals surface area contributed by atoms with E-state index >= 15 is 0 Å². The van der Waals surface area contributed by atoms with Crippen molar-refractivity contribution in [1.29, 1.82) is 5.26 Å². The van der Waals surface area contributed by atoms with E-state index in [-0.39, 0.29) is 5.91 Å². The van der Waals surface area contributed by atoms with Crippen LogP contribution in [-0.2, 0) is 6.54 Å². The molecule has 0 aliphatic heterocycles. The predicted octanol–water partition coefficient (Wildman–Crippen LogP) is 5.45. The van der Waals surface area contributed by atoms with Gasteiger partial charge in [0.25, 0.3) is 5.91 Å². The summed E-state index contributed by atoms with van der Waals surface area (Å²) in [7, 11) is 1.60. The van der Waals surface area contributed by atoms with Crippen molar-refractivity contribution in [2.75, 3.05) is 12.0 Å². The van der Waals surface area contributed by atoms with E-state index in [2.05, 4.69) is 11.2 Å². The molecule has 0 saturated heterocycles. The lowest BCUT2D eigenvalue weighted by Gasteiger charge is -2.23. The Morgan fingerprint density at radius 2 is 1.66 bits per heavy atom. The Morgan fingerprint density at radius 1 is 1.00 bits per heavy atom. The highest BCUT2D eigenvalue weighted by molar-refractivity contribution is 6.13. The Hall–Kier alpha value is -4.37. The Bertz CT molecular complexity index is 1200. The van der Waals surface area contributed by atoms with Gasteiger partial charge in [0.2, 0.25) is 0 Å². The topological polar surface area (TPSA) is 71.1 Å². The zero-order valence-corrected chi connectivity index (χ0v) is 17.7. The SMILES string of the molecule is COc1cccc(-c2nn(CCC#N)cc2C(=O)N(c2ccccc2)c2ccccc2)c1. The summed E-state index contributed by atoms with van der Waals surface area (Å²) in [6, 6.07) is 28.6. The third-order valence-corrected chi connectivity index (χ3v) is 5.02. The van der Waals surface area contributed by atoms with Gasteiger partial charge in [-0.1, -0.05) is 48.5 Å². The quantitative estimate of drug-likeness (QED) is 0.397. The third-order valence-electron chi connectivity index (χ3n) is 5.02. The second-order valence-corrected chi connectivity index (χ2v) is 7.11. The van der Waals surface area contributed by atoms with Crippen molar-refractivity contribution in [3.8, 4) is 23.1 Å². The fourth-order valence-electron chi connectivity index (χ4n) is 3.50. The van der Waals surface area contributed by atoms with Crippen LogP contribution in [0.1, 0.15) is 16.8 Å². The molecule has 4 aromatic rings. The van der Waals surface area contributed by atoms with Crippen LogP contribution >= 0.6 is 0 Å². The average Bonchev–Trinajstić information content (AvgIpc) is 3.28. The van der Waals surface area contributed by atoms with Gasteiger partial charge in [0.15, 0.2) is 0 Å². The minimum Gasteiger partial charge on any atom is -0.497 e. The molecular formula is C26H22N4O2. The van der Waals surface area contributed by atoms with Crippen molar-refractivity contribution in [2.45, 2.75) is 13.0 Å². The fourth-order valence-corrected chi connectivity index (χ4v) is 3.50. The number of carbonyl (C=O) groups is 1. The monoisotopic (exact) mass is 422 g/mol. The first-order valence-electron chi connectivity index (χ1n) is 10.2. The molecule has 158 valence electrons. The number of methoxy groups -OCH3 is 1. The molecule has 0 N–H and O–H groups in total. The molecule has 0 fully saturated rings. The number of ether oxygens (including phenoxy) is 1. The van der Waals surface area contributed by atoms with Gasteiger partial charge in [0.1, 0.15) is 11.4 Å². The van der Waals surface area contributed by atoms with Crippen molar-refractivity contribution < 1.29 is 9.53 Å². The lowest BCUT2D eigenvalue weighted by atomic mass is 10.1. The molecular weight excluding hydrogens is 400 g/mol. The van der Waals surface area contributed by atoms with Crippen molar-refractivity contribution in [1.82, 2.24) is 9.78 Å². The highest BCUT2D eigenvalue weighted by Gasteiger charge is 2.25. The number of nitrogens with zero attached hydrogens (tertiary/aromatic N) is 4. The Morgan fingerprint density at radius 3 is 2.25 bits per heavy atom. The first-order chi connectivity index (χ1) is 15.7. The number of anilines is 2. The van der Waals surface area contributed by atoms with Crippen LogP contribution < -0.4 is 9.64 Å². The maximum atomic E-state index is 14.0. The molecule has 0 saturated carbocycles. The molecule has 0 unspecified atom stereocenters. The summed E-state index contributed by atoms with van der Waals surface area (Å²) < 4.78 is 7.01. The minimum absolute atomic E-state index is 0.205. The first-order valence-corrected chi connectivity index (χ1v) is 10.2.